The number of amides is 2. The van der Waals surface area contributed by atoms with Crippen LogP contribution in [0.5, 0.6) is 0 Å². The molecule has 2 aliphatic rings. The van der Waals surface area contributed by atoms with Gasteiger partial charge in [-0.05, 0) is 63.3 Å². The molecule has 2 aliphatic heterocycles. The summed E-state index contributed by atoms with van der Waals surface area (Å²) < 4.78 is 0. The number of rotatable bonds is 7. The van der Waals surface area contributed by atoms with Gasteiger partial charge in [-0.25, -0.2) is 0 Å². The molecule has 28 heavy (non-hydrogen) atoms. The zero-order valence-electron chi connectivity index (χ0n) is 17.4. The van der Waals surface area contributed by atoms with E-state index >= 15 is 0 Å². The van der Waals surface area contributed by atoms with Gasteiger partial charge in [0.2, 0.25) is 5.91 Å². The Balaban J connectivity index is 1.50. The number of likely N-dealkylation sites (tertiary alicyclic amines) is 1. The van der Waals surface area contributed by atoms with E-state index in [2.05, 4.69) is 41.6 Å². The fourth-order valence-electron chi connectivity index (χ4n) is 4.10. The van der Waals surface area contributed by atoms with Crippen molar-refractivity contribution in [2.24, 2.45) is 5.92 Å². The number of nitrogens with zero attached hydrogens (tertiary/aromatic N) is 1. The molecule has 3 N–H and O–H groups in total. The minimum atomic E-state index is -0.218. The summed E-state index contributed by atoms with van der Waals surface area (Å²) in [7, 11) is 0. The molecular weight excluding hydrogens is 352 g/mol. The third-order valence-electron chi connectivity index (χ3n) is 5.74. The highest BCUT2D eigenvalue weighted by Gasteiger charge is 2.26. The van der Waals surface area contributed by atoms with E-state index < -0.39 is 0 Å². The first-order valence-corrected chi connectivity index (χ1v) is 10.7. The second-order valence-electron chi connectivity index (χ2n) is 8.57. The summed E-state index contributed by atoms with van der Waals surface area (Å²) in [5, 5.41) is 9.23. The van der Waals surface area contributed by atoms with E-state index in [1.807, 2.05) is 12.1 Å². The largest absolute Gasteiger partial charge is 0.372 e. The summed E-state index contributed by atoms with van der Waals surface area (Å²) in [5.74, 6) is 0.310. The van der Waals surface area contributed by atoms with Crippen molar-refractivity contribution in [3.63, 3.8) is 0 Å². The van der Waals surface area contributed by atoms with Gasteiger partial charge in [-0.3, -0.25) is 9.59 Å². The molecule has 1 saturated heterocycles. The maximum absolute atomic E-state index is 12.5. The average molecular weight is 387 g/mol. The molecule has 0 aromatic heterocycles. The van der Waals surface area contributed by atoms with Crippen molar-refractivity contribution in [1.29, 1.82) is 0 Å². The number of hydrogen-bond acceptors (Lipinski definition) is 4. The fourth-order valence-corrected chi connectivity index (χ4v) is 4.10. The van der Waals surface area contributed by atoms with Crippen LogP contribution in [0.4, 0.5) is 11.4 Å². The highest BCUT2D eigenvalue weighted by Crippen LogP contribution is 2.29. The zero-order valence-corrected chi connectivity index (χ0v) is 17.4. The Bertz CT molecular complexity index is 704. The van der Waals surface area contributed by atoms with E-state index in [0.717, 1.165) is 25.1 Å². The molecule has 2 amide bonds. The maximum atomic E-state index is 12.5. The Morgan fingerprint density at radius 3 is 2.86 bits per heavy atom. The Labute approximate surface area is 168 Å². The van der Waals surface area contributed by atoms with E-state index in [9.17, 15) is 9.59 Å². The van der Waals surface area contributed by atoms with E-state index in [1.165, 1.54) is 25.8 Å². The first-order chi connectivity index (χ1) is 13.4. The molecule has 0 saturated carbocycles. The van der Waals surface area contributed by atoms with Crippen LogP contribution >= 0.6 is 0 Å². The molecule has 2 atom stereocenters. The topological polar surface area (TPSA) is 73.5 Å². The smallest absolute Gasteiger partial charge is 0.251 e. The predicted octanol–water partition coefficient (Wildman–Crippen LogP) is 3.46. The molecule has 1 aromatic rings. The third kappa shape index (κ3) is 5.25. The molecule has 1 fully saturated rings. The predicted molar refractivity (Wildman–Crippen MR) is 114 cm³/mol. The van der Waals surface area contributed by atoms with Crippen molar-refractivity contribution >= 4 is 23.2 Å². The van der Waals surface area contributed by atoms with Gasteiger partial charge in [0.1, 0.15) is 6.04 Å². The van der Waals surface area contributed by atoms with Gasteiger partial charge in [-0.2, -0.15) is 0 Å². The summed E-state index contributed by atoms with van der Waals surface area (Å²) in [5.41, 5.74) is 2.13. The average Bonchev–Trinajstić information content (AvgIpc) is 2.66. The van der Waals surface area contributed by atoms with E-state index in [4.69, 9.17) is 0 Å². The molecule has 6 nitrogen and oxygen atoms in total. The van der Waals surface area contributed by atoms with Crippen LogP contribution in [-0.2, 0) is 4.79 Å². The fraction of sp³-hybridized carbons (Fsp3) is 0.636. The van der Waals surface area contributed by atoms with Crippen molar-refractivity contribution < 1.29 is 9.59 Å². The maximum Gasteiger partial charge on any atom is 0.251 e. The van der Waals surface area contributed by atoms with E-state index in [1.54, 1.807) is 6.07 Å². The van der Waals surface area contributed by atoms with Gasteiger partial charge in [-0.1, -0.05) is 20.3 Å². The minimum Gasteiger partial charge on any atom is -0.372 e. The Morgan fingerprint density at radius 1 is 1.29 bits per heavy atom. The standard InChI is InChI=1S/C22H34N4O2/c1-15(2)13-20-22(28)25-19-14-17(8-9-18(19)24-20)21(27)23-10-6-12-26-11-5-4-7-16(26)3/h8-9,14-16,20,24H,4-7,10-13H2,1-3H3,(H,23,27)(H,25,28). The van der Waals surface area contributed by atoms with E-state index in [-0.39, 0.29) is 17.9 Å². The van der Waals surface area contributed by atoms with Crippen LogP contribution in [-0.4, -0.2) is 48.4 Å². The number of benzene rings is 1. The number of fused-ring (bicyclic) bond motifs is 1. The lowest BCUT2D eigenvalue weighted by Gasteiger charge is -2.33. The first-order valence-electron chi connectivity index (χ1n) is 10.7. The van der Waals surface area contributed by atoms with Gasteiger partial charge in [0.25, 0.3) is 5.91 Å². The van der Waals surface area contributed by atoms with Crippen LogP contribution in [0.25, 0.3) is 0 Å². The number of nitrogens with one attached hydrogen (secondary N) is 3. The van der Waals surface area contributed by atoms with Crippen molar-refractivity contribution in [1.82, 2.24) is 10.2 Å². The number of anilines is 2. The van der Waals surface area contributed by atoms with Crippen LogP contribution < -0.4 is 16.0 Å². The van der Waals surface area contributed by atoms with Gasteiger partial charge in [-0.15, -0.1) is 0 Å². The monoisotopic (exact) mass is 386 g/mol. The lowest BCUT2D eigenvalue weighted by Crippen LogP contribution is -2.40. The quantitative estimate of drug-likeness (QED) is 0.628. The van der Waals surface area contributed by atoms with Gasteiger partial charge in [0.05, 0.1) is 11.4 Å². The van der Waals surface area contributed by atoms with Crippen LogP contribution in [0.3, 0.4) is 0 Å². The molecule has 154 valence electrons. The van der Waals surface area contributed by atoms with Gasteiger partial charge >= 0.3 is 0 Å². The van der Waals surface area contributed by atoms with Crippen molar-refractivity contribution in [2.75, 3.05) is 30.3 Å². The molecule has 0 radical (unpaired) electrons. The number of piperidine rings is 1. The highest BCUT2D eigenvalue weighted by molar-refractivity contribution is 6.05. The second kappa shape index (κ2) is 9.41. The minimum absolute atomic E-state index is 0.0330. The number of carbonyl (C=O) groups excluding carboxylic acids is 2. The Morgan fingerprint density at radius 2 is 2.11 bits per heavy atom. The molecule has 2 unspecified atom stereocenters. The normalized spacial score (nSPS) is 22.4. The second-order valence-corrected chi connectivity index (χ2v) is 8.57. The first kappa shape index (κ1) is 20.6. The summed E-state index contributed by atoms with van der Waals surface area (Å²) in [6, 6.07) is 5.89. The van der Waals surface area contributed by atoms with Crippen LogP contribution in [0.2, 0.25) is 0 Å². The summed E-state index contributed by atoms with van der Waals surface area (Å²) in [6.07, 6.45) is 5.62. The van der Waals surface area contributed by atoms with Gasteiger partial charge in [0, 0.05) is 24.7 Å². The van der Waals surface area contributed by atoms with Crippen molar-refractivity contribution in [3.05, 3.63) is 23.8 Å². The number of hydrogen-bond donors (Lipinski definition) is 3. The summed E-state index contributed by atoms with van der Waals surface area (Å²) >= 11 is 0. The zero-order chi connectivity index (χ0) is 20.1. The van der Waals surface area contributed by atoms with Crippen molar-refractivity contribution in [3.8, 4) is 0 Å². The Kier molecular flexibility index (Phi) is 6.94. The molecule has 6 heteroatoms. The Hall–Kier alpha value is -2.08. The van der Waals surface area contributed by atoms with Gasteiger partial charge in [0.15, 0.2) is 0 Å². The summed E-state index contributed by atoms with van der Waals surface area (Å²) in [6.45, 7) is 9.36. The van der Waals surface area contributed by atoms with Crippen LogP contribution in [0, 0.1) is 5.92 Å². The molecule has 0 spiro atoms. The highest BCUT2D eigenvalue weighted by atomic mass is 16.2. The van der Waals surface area contributed by atoms with E-state index in [0.29, 0.717) is 29.8 Å². The summed E-state index contributed by atoms with van der Waals surface area (Å²) in [4.78, 5) is 27.3. The van der Waals surface area contributed by atoms with Gasteiger partial charge < -0.3 is 20.9 Å². The third-order valence-corrected chi connectivity index (χ3v) is 5.74. The molecule has 0 bridgehead atoms. The molecular formula is C22H34N4O2. The molecule has 0 aliphatic carbocycles. The van der Waals surface area contributed by atoms with Crippen LogP contribution in [0.15, 0.2) is 18.2 Å². The van der Waals surface area contributed by atoms with Crippen LogP contribution in [0.1, 0.15) is 63.2 Å². The van der Waals surface area contributed by atoms with Crippen molar-refractivity contribution in [2.45, 2.75) is 65.0 Å². The SMILES string of the molecule is CC(C)CC1Nc2ccc(C(=O)NCCCN3CCCCC3C)cc2NC1=O. The lowest BCUT2D eigenvalue weighted by molar-refractivity contribution is -0.117. The lowest BCUT2D eigenvalue weighted by atomic mass is 10.00. The molecule has 1 aromatic carbocycles. The molecule has 2 heterocycles. The number of carbonyl (C=O) groups is 2. The molecule has 3 rings (SSSR count).